The van der Waals surface area contributed by atoms with Crippen molar-refractivity contribution in [2.24, 2.45) is 0 Å². The molecule has 78 valence electrons. The summed E-state index contributed by atoms with van der Waals surface area (Å²) < 4.78 is 5.02. The Labute approximate surface area is 95.3 Å². The molecule has 1 N–H and O–H groups in total. The Hall–Kier alpha value is -1.33. The van der Waals surface area contributed by atoms with Crippen LogP contribution >= 0.6 is 22.7 Å². The van der Waals surface area contributed by atoms with Gasteiger partial charge in [-0.15, -0.1) is 11.3 Å². The van der Waals surface area contributed by atoms with Gasteiger partial charge in [0.2, 0.25) is 0 Å². The lowest BCUT2D eigenvalue weighted by atomic mass is 10.3. The quantitative estimate of drug-likeness (QED) is 0.893. The molecule has 2 rings (SSSR count). The summed E-state index contributed by atoms with van der Waals surface area (Å²) >= 11 is 3.10. The highest BCUT2D eigenvalue weighted by Crippen LogP contribution is 2.14. The van der Waals surface area contributed by atoms with Crippen molar-refractivity contribution < 1.29 is 9.53 Å². The van der Waals surface area contributed by atoms with E-state index in [9.17, 15) is 4.79 Å². The molecular weight excluding hydrogens is 230 g/mol. The number of thiophene rings is 2. The van der Waals surface area contributed by atoms with Gasteiger partial charge >= 0.3 is 6.09 Å². The van der Waals surface area contributed by atoms with E-state index in [1.165, 1.54) is 11.3 Å². The first-order chi connectivity index (χ1) is 7.34. The molecule has 3 nitrogen and oxygen atoms in total. The van der Waals surface area contributed by atoms with Gasteiger partial charge in [-0.2, -0.15) is 11.3 Å². The molecule has 15 heavy (non-hydrogen) atoms. The van der Waals surface area contributed by atoms with Gasteiger partial charge in [0.05, 0.1) is 0 Å². The molecular formula is C10H9NO2S2. The van der Waals surface area contributed by atoms with Gasteiger partial charge in [0.15, 0.2) is 0 Å². The molecule has 1 amide bonds. The molecule has 0 fully saturated rings. The number of hydrogen-bond acceptors (Lipinski definition) is 4. The Morgan fingerprint density at radius 1 is 1.27 bits per heavy atom. The molecule has 0 spiro atoms. The molecule has 0 saturated heterocycles. The SMILES string of the molecule is O=C(NCc1ccsc1)Oc1ccsc1. The second kappa shape index (κ2) is 4.95. The highest BCUT2D eigenvalue weighted by atomic mass is 32.1. The van der Waals surface area contributed by atoms with Crippen LogP contribution < -0.4 is 10.1 Å². The van der Waals surface area contributed by atoms with E-state index in [1.54, 1.807) is 22.8 Å². The fourth-order valence-corrected chi connectivity index (χ4v) is 2.24. The minimum atomic E-state index is -0.417. The van der Waals surface area contributed by atoms with Crippen LogP contribution in [0.4, 0.5) is 4.79 Å². The smallest absolute Gasteiger partial charge is 0.409 e. The summed E-state index contributed by atoms with van der Waals surface area (Å²) in [7, 11) is 0. The van der Waals surface area contributed by atoms with E-state index < -0.39 is 6.09 Å². The number of rotatable bonds is 3. The molecule has 2 aromatic heterocycles. The average Bonchev–Trinajstić information content (AvgIpc) is 2.86. The summed E-state index contributed by atoms with van der Waals surface area (Å²) in [5, 5.41) is 10.3. The summed E-state index contributed by atoms with van der Waals surface area (Å²) in [5.74, 6) is 0.586. The first-order valence-corrected chi connectivity index (χ1v) is 6.22. The van der Waals surface area contributed by atoms with Crippen molar-refractivity contribution in [1.29, 1.82) is 0 Å². The number of carbonyl (C=O) groups is 1. The Bertz CT molecular complexity index is 409. The lowest BCUT2D eigenvalue weighted by molar-refractivity contribution is 0.200. The van der Waals surface area contributed by atoms with Crippen LogP contribution in [-0.4, -0.2) is 6.09 Å². The largest absolute Gasteiger partial charge is 0.412 e. The average molecular weight is 239 g/mol. The molecule has 0 unspecified atom stereocenters. The van der Waals surface area contributed by atoms with Crippen molar-refractivity contribution in [2.75, 3.05) is 0 Å². The second-order valence-corrected chi connectivity index (χ2v) is 4.39. The number of hydrogen-bond donors (Lipinski definition) is 1. The molecule has 5 heteroatoms. The first kappa shape index (κ1) is 10.2. The highest BCUT2D eigenvalue weighted by Gasteiger charge is 2.03. The van der Waals surface area contributed by atoms with Gasteiger partial charge in [0.1, 0.15) is 5.75 Å². The molecule has 0 saturated carbocycles. The predicted molar refractivity (Wildman–Crippen MR) is 61.5 cm³/mol. The van der Waals surface area contributed by atoms with Crippen LogP contribution in [0.1, 0.15) is 5.56 Å². The lowest BCUT2D eigenvalue weighted by Gasteiger charge is -2.03. The zero-order valence-corrected chi connectivity index (χ0v) is 9.44. The Morgan fingerprint density at radius 3 is 2.73 bits per heavy atom. The molecule has 0 atom stereocenters. The molecule has 0 aliphatic carbocycles. The molecule has 2 heterocycles. The Balaban J connectivity index is 1.78. The summed E-state index contributed by atoms with van der Waals surface area (Å²) in [4.78, 5) is 11.3. The van der Waals surface area contributed by atoms with E-state index in [0.29, 0.717) is 12.3 Å². The van der Waals surface area contributed by atoms with Gasteiger partial charge in [-0.25, -0.2) is 4.79 Å². The number of nitrogens with one attached hydrogen (secondary N) is 1. The van der Waals surface area contributed by atoms with Crippen LogP contribution in [0.25, 0.3) is 0 Å². The molecule has 0 bridgehead atoms. The molecule has 2 aromatic rings. The van der Waals surface area contributed by atoms with E-state index in [1.807, 2.05) is 22.2 Å². The van der Waals surface area contributed by atoms with Gasteiger partial charge in [-0.05, 0) is 33.8 Å². The van der Waals surface area contributed by atoms with Crippen LogP contribution in [-0.2, 0) is 6.54 Å². The Morgan fingerprint density at radius 2 is 2.07 bits per heavy atom. The zero-order chi connectivity index (χ0) is 10.5. The monoisotopic (exact) mass is 239 g/mol. The highest BCUT2D eigenvalue weighted by molar-refractivity contribution is 7.08. The van der Waals surface area contributed by atoms with E-state index in [2.05, 4.69) is 5.32 Å². The van der Waals surface area contributed by atoms with Crippen molar-refractivity contribution >= 4 is 28.8 Å². The molecule has 0 aliphatic rings. The van der Waals surface area contributed by atoms with Gasteiger partial charge in [0, 0.05) is 11.9 Å². The van der Waals surface area contributed by atoms with Crippen LogP contribution in [0, 0.1) is 0 Å². The van der Waals surface area contributed by atoms with E-state index in [-0.39, 0.29) is 0 Å². The maximum atomic E-state index is 11.3. The first-order valence-electron chi connectivity index (χ1n) is 4.33. The van der Waals surface area contributed by atoms with Crippen molar-refractivity contribution in [1.82, 2.24) is 5.32 Å². The number of amides is 1. The van der Waals surface area contributed by atoms with Crippen molar-refractivity contribution in [3.8, 4) is 5.75 Å². The topological polar surface area (TPSA) is 38.3 Å². The van der Waals surface area contributed by atoms with Crippen LogP contribution in [0.3, 0.4) is 0 Å². The van der Waals surface area contributed by atoms with E-state index in [4.69, 9.17) is 4.74 Å². The van der Waals surface area contributed by atoms with Gasteiger partial charge < -0.3 is 10.1 Å². The summed E-state index contributed by atoms with van der Waals surface area (Å²) in [6, 6.07) is 3.73. The zero-order valence-electron chi connectivity index (χ0n) is 7.80. The number of ether oxygens (including phenoxy) is 1. The summed E-state index contributed by atoms with van der Waals surface area (Å²) in [6.45, 7) is 0.506. The second-order valence-electron chi connectivity index (χ2n) is 2.83. The third-order valence-corrected chi connectivity index (χ3v) is 3.12. The van der Waals surface area contributed by atoms with Gasteiger partial charge in [0.25, 0.3) is 0 Å². The molecule has 0 radical (unpaired) electrons. The van der Waals surface area contributed by atoms with Crippen molar-refractivity contribution in [3.05, 3.63) is 39.2 Å². The normalized spacial score (nSPS) is 9.87. The minimum Gasteiger partial charge on any atom is -0.409 e. The standard InChI is InChI=1S/C10H9NO2S2/c12-10(13-9-2-4-15-7-9)11-5-8-1-3-14-6-8/h1-4,6-7H,5H2,(H,11,12). The van der Waals surface area contributed by atoms with E-state index >= 15 is 0 Å². The third-order valence-electron chi connectivity index (χ3n) is 1.72. The maximum Gasteiger partial charge on any atom is 0.412 e. The van der Waals surface area contributed by atoms with Crippen LogP contribution in [0.5, 0.6) is 5.75 Å². The third kappa shape index (κ3) is 3.07. The predicted octanol–water partition coefficient (Wildman–Crippen LogP) is 3.10. The minimum absolute atomic E-state index is 0.417. The maximum absolute atomic E-state index is 11.3. The lowest BCUT2D eigenvalue weighted by Crippen LogP contribution is -2.25. The van der Waals surface area contributed by atoms with Gasteiger partial charge in [-0.1, -0.05) is 0 Å². The fourth-order valence-electron chi connectivity index (χ4n) is 1.02. The Kier molecular flexibility index (Phi) is 3.37. The van der Waals surface area contributed by atoms with Crippen LogP contribution in [0.2, 0.25) is 0 Å². The van der Waals surface area contributed by atoms with Crippen molar-refractivity contribution in [3.63, 3.8) is 0 Å². The van der Waals surface area contributed by atoms with Crippen LogP contribution in [0.15, 0.2) is 33.7 Å². The number of carbonyl (C=O) groups excluding carboxylic acids is 1. The summed E-state index contributed by atoms with van der Waals surface area (Å²) in [5.41, 5.74) is 1.09. The fraction of sp³-hybridized carbons (Fsp3) is 0.100. The summed E-state index contributed by atoms with van der Waals surface area (Å²) in [6.07, 6.45) is -0.417. The van der Waals surface area contributed by atoms with Crippen molar-refractivity contribution in [2.45, 2.75) is 6.54 Å². The van der Waals surface area contributed by atoms with Gasteiger partial charge in [-0.3, -0.25) is 0 Å². The molecule has 0 aliphatic heterocycles. The molecule has 0 aromatic carbocycles. The van der Waals surface area contributed by atoms with E-state index in [0.717, 1.165) is 5.56 Å².